The molecule has 3 aromatic rings. The quantitative estimate of drug-likeness (QED) is 0.462. The van der Waals surface area contributed by atoms with E-state index in [1.165, 1.54) is 4.90 Å². The maximum Gasteiger partial charge on any atom is 0.293 e. The molecule has 0 N–H and O–H groups in total. The SMILES string of the molecule is N#Cc1ccccc1N1CCN(C(=O)c2ccc(C=C3SC(=O)N(Cc4ccccc4)C3=O)cc2)CC1. The summed E-state index contributed by atoms with van der Waals surface area (Å²) in [6.45, 7) is 2.68. The molecule has 0 saturated carbocycles. The van der Waals surface area contributed by atoms with Crippen LogP contribution in [-0.4, -0.2) is 53.0 Å². The number of carbonyl (C=O) groups is 3. The van der Waals surface area contributed by atoms with Gasteiger partial charge in [0.15, 0.2) is 0 Å². The van der Waals surface area contributed by atoms with E-state index in [2.05, 4.69) is 11.0 Å². The Morgan fingerprint density at radius 3 is 2.27 bits per heavy atom. The number of hydrogen-bond donors (Lipinski definition) is 0. The third kappa shape index (κ3) is 5.27. The third-order valence-corrected chi connectivity index (χ3v) is 7.35. The summed E-state index contributed by atoms with van der Waals surface area (Å²) in [4.78, 5) is 43.9. The largest absolute Gasteiger partial charge is 0.367 e. The highest BCUT2D eigenvalue weighted by molar-refractivity contribution is 8.18. The summed E-state index contributed by atoms with van der Waals surface area (Å²) in [5.41, 5.74) is 3.74. The van der Waals surface area contributed by atoms with Crippen LogP contribution in [0.4, 0.5) is 10.5 Å². The number of nitrogens with zero attached hydrogens (tertiary/aromatic N) is 4. The Bertz CT molecular complexity index is 1410. The molecule has 37 heavy (non-hydrogen) atoms. The molecular formula is C29H24N4O3S. The number of hydrogen-bond acceptors (Lipinski definition) is 6. The van der Waals surface area contributed by atoms with Crippen molar-refractivity contribution in [2.75, 3.05) is 31.1 Å². The van der Waals surface area contributed by atoms with E-state index in [1.807, 2.05) is 53.4 Å². The number of imide groups is 1. The average Bonchev–Trinajstić information content (AvgIpc) is 3.21. The Balaban J connectivity index is 1.21. The first-order valence-electron chi connectivity index (χ1n) is 12.0. The summed E-state index contributed by atoms with van der Waals surface area (Å²) >= 11 is 0.929. The van der Waals surface area contributed by atoms with Crippen LogP contribution in [0.25, 0.3) is 6.08 Å². The van der Waals surface area contributed by atoms with Crippen molar-refractivity contribution < 1.29 is 14.4 Å². The Morgan fingerprint density at radius 1 is 0.892 bits per heavy atom. The molecule has 3 aromatic carbocycles. The molecule has 5 rings (SSSR count). The zero-order valence-corrected chi connectivity index (χ0v) is 20.9. The number of thioether (sulfide) groups is 1. The van der Waals surface area contributed by atoms with Crippen molar-refractivity contribution in [3.63, 3.8) is 0 Å². The zero-order valence-electron chi connectivity index (χ0n) is 20.0. The van der Waals surface area contributed by atoms with E-state index in [9.17, 15) is 19.6 Å². The molecule has 2 aliphatic rings. The fourth-order valence-electron chi connectivity index (χ4n) is 4.45. The highest BCUT2D eigenvalue weighted by atomic mass is 32.2. The van der Waals surface area contributed by atoms with Gasteiger partial charge in [0.05, 0.1) is 22.7 Å². The van der Waals surface area contributed by atoms with Gasteiger partial charge < -0.3 is 9.80 Å². The van der Waals surface area contributed by atoms with Gasteiger partial charge in [0.1, 0.15) is 6.07 Å². The first-order chi connectivity index (χ1) is 18.0. The molecule has 0 aliphatic carbocycles. The summed E-state index contributed by atoms with van der Waals surface area (Å²) in [6, 6.07) is 26.2. The van der Waals surface area contributed by atoms with E-state index in [0.717, 1.165) is 28.6 Å². The van der Waals surface area contributed by atoms with Crippen molar-refractivity contribution in [2.45, 2.75) is 6.54 Å². The van der Waals surface area contributed by atoms with Gasteiger partial charge in [-0.2, -0.15) is 5.26 Å². The molecule has 0 atom stereocenters. The van der Waals surface area contributed by atoms with Crippen LogP contribution in [0.3, 0.4) is 0 Å². The fourth-order valence-corrected chi connectivity index (χ4v) is 5.29. The van der Waals surface area contributed by atoms with Crippen molar-refractivity contribution in [3.8, 4) is 6.07 Å². The van der Waals surface area contributed by atoms with Crippen LogP contribution in [0, 0.1) is 11.3 Å². The second-order valence-corrected chi connectivity index (χ2v) is 9.78. The Hall–Kier alpha value is -4.35. The maximum absolute atomic E-state index is 13.1. The van der Waals surface area contributed by atoms with E-state index in [4.69, 9.17) is 0 Å². The number of amides is 3. The van der Waals surface area contributed by atoms with Gasteiger partial charge in [-0.1, -0.05) is 54.6 Å². The lowest BCUT2D eigenvalue weighted by molar-refractivity contribution is -0.123. The van der Waals surface area contributed by atoms with Crippen LogP contribution in [-0.2, 0) is 11.3 Å². The molecule has 2 heterocycles. The summed E-state index contributed by atoms with van der Waals surface area (Å²) in [7, 11) is 0. The second-order valence-electron chi connectivity index (χ2n) is 8.78. The van der Waals surface area contributed by atoms with Crippen LogP contribution >= 0.6 is 11.8 Å². The molecule has 2 saturated heterocycles. The van der Waals surface area contributed by atoms with E-state index < -0.39 is 0 Å². The van der Waals surface area contributed by atoms with Gasteiger partial charge >= 0.3 is 0 Å². The van der Waals surface area contributed by atoms with Crippen LogP contribution in [0.15, 0.2) is 83.8 Å². The van der Waals surface area contributed by atoms with E-state index in [-0.39, 0.29) is 23.6 Å². The molecule has 7 nitrogen and oxygen atoms in total. The molecule has 0 spiro atoms. The minimum Gasteiger partial charge on any atom is -0.367 e. The van der Waals surface area contributed by atoms with Gasteiger partial charge in [-0.3, -0.25) is 19.3 Å². The average molecular weight is 509 g/mol. The molecule has 8 heteroatoms. The predicted molar refractivity (Wildman–Crippen MR) is 144 cm³/mol. The normalized spacial score (nSPS) is 16.8. The molecule has 0 aromatic heterocycles. The molecule has 0 bridgehead atoms. The Kier molecular flexibility index (Phi) is 7.06. The Labute approximate surface area is 219 Å². The Morgan fingerprint density at radius 2 is 1.57 bits per heavy atom. The minimum atomic E-state index is -0.310. The van der Waals surface area contributed by atoms with Crippen molar-refractivity contribution in [2.24, 2.45) is 0 Å². The molecule has 3 amide bonds. The molecular weight excluding hydrogens is 484 g/mol. The van der Waals surface area contributed by atoms with Crippen molar-refractivity contribution in [1.29, 1.82) is 5.26 Å². The molecule has 2 aliphatic heterocycles. The van der Waals surface area contributed by atoms with Gasteiger partial charge in [0.2, 0.25) is 0 Å². The minimum absolute atomic E-state index is 0.0528. The second kappa shape index (κ2) is 10.7. The number of anilines is 1. The van der Waals surface area contributed by atoms with Gasteiger partial charge in [0, 0.05) is 31.7 Å². The summed E-state index contributed by atoms with van der Waals surface area (Å²) in [5, 5.41) is 9.08. The lowest BCUT2D eigenvalue weighted by atomic mass is 10.1. The number of benzene rings is 3. The van der Waals surface area contributed by atoms with Gasteiger partial charge in [-0.25, -0.2) is 0 Å². The van der Waals surface area contributed by atoms with Gasteiger partial charge in [-0.05, 0) is 53.2 Å². The van der Waals surface area contributed by atoms with E-state index in [0.29, 0.717) is 42.2 Å². The number of rotatable bonds is 5. The number of carbonyl (C=O) groups excluding carboxylic acids is 3. The smallest absolute Gasteiger partial charge is 0.293 e. The van der Waals surface area contributed by atoms with Crippen LogP contribution in [0.2, 0.25) is 0 Å². The van der Waals surface area contributed by atoms with Gasteiger partial charge in [0.25, 0.3) is 17.1 Å². The fraction of sp³-hybridized carbons (Fsp3) is 0.172. The van der Waals surface area contributed by atoms with Crippen molar-refractivity contribution in [1.82, 2.24) is 9.80 Å². The maximum atomic E-state index is 13.1. The van der Waals surface area contributed by atoms with Crippen molar-refractivity contribution >= 4 is 40.6 Å². The van der Waals surface area contributed by atoms with Crippen LogP contribution in [0.1, 0.15) is 27.0 Å². The van der Waals surface area contributed by atoms with Gasteiger partial charge in [-0.15, -0.1) is 0 Å². The first-order valence-corrected chi connectivity index (χ1v) is 12.8. The number of nitriles is 1. The first kappa shape index (κ1) is 24.3. The lowest BCUT2D eigenvalue weighted by Crippen LogP contribution is -2.49. The van der Waals surface area contributed by atoms with E-state index in [1.54, 1.807) is 36.4 Å². The molecule has 184 valence electrons. The summed E-state index contributed by atoms with van der Waals surface area (Å²) < 4.78 is 0. The lowest BCUT2D eigenvalue weighted by Gasteiger charge is -2.36. The standard InChI is InChI=1S/C29H24N4O3S/c30-19-24-8-4-5-9-25(24)31-14-16-32(17-15-31)27(34)23-12-10-21(11-13-23)18-26-28(35)33(29(36)37-26)20-22-6-2-1-3-7-22/h1-13,18H,14-17,20H2. The van der Waals surface area contributed by atoms with Crippen LogP contribution < -0.4 is 4.90 Å². The molecule has 0 unspecified atom stereocenters. The molecule has 0 radical (unpaired) electrons. The zero-order chi connectivity index (χ0) is 25.8. The highest BCUT2D eigenvalue weighted by Crippen LogP contribution is 2.33. The monoisotopic (exact) mass is 508 g/mol. The summed E-state index contributed by atoms with van der Waals surface area (Å²) in [5.74, 6) is -0.363. The topological polar surface area (TPSA) is 84.7 Å². The molecule has 2 fully saturated rings. The summed E-state index contributed by atoms with van der Waals surface area (Å²) in [6.07, 6.45) is 1.69. The van der Waals surface area contributed by atoms with E-state index >= 15 is 0 Å². The predicted octanol–water partition coefficient (Wildman–Crippen LogP) is 4.76. The number of piperazine rings is 1. The van der Waals surface area contributed by atoms with Crippen LogP contribution in [0.5, 0.6) is 0 Å². The number of para-hydroxylation sites is 1. The third-order valence-electron chi connectivity index (χ3n) is 6.44. The van der Waals surface area contributed by atoms with Crippen molar-refractivity contribution in [3.05, 3.63) is 106 Å². The highest BCUT2D eigenvalue weighted by Gasteiger charge is 2.35.